The second kappa shape index (κ2) is 9.04. The van der Waals surface area contributed by atoms with Gasteiger partial charge in [0.15, 0.2) is 5.13 Å². The largest absolute Gasteiger partial charge is 0.376 e. The van der Waals surface area contributed by atoms with Crippen molar-refractivity contribution in [3.05, 3.63) is 52.5 Å². The molecule has 3 aromatic rings. The topological polar surface area (TPSA) is 42.4 Å². The Morgan fingerprint density at radius 1 is 1.31 bits per heavy atom. The highest BCUT2D eigenvalue weighted by Crippen LogP contribution is 2.36. The van der Waals surface area contributed by atoms with Gasteiger partial charge >= 0.3 is 0 Å². The fraction of sp³-hybridized carbons (Fsp3) is 0.364. The molecule has 1 aromatic heterocycles. The van der Waals surface area contributed by atoms with E-state index in [1.54, 1.807) is 16.7 Å². The van der Waals surface area contributed by atoms with E-state index >= 15 is 0 Å². The van der Waals surface area contributed by atoms with E-state index in [0.717, 1.165) is 40.8 Å². The van der Waals surface area contributed by atoms with Crippen LogP contribution >= 0.6 is 34.7 Å². The Bertz CT molecular complexity index is 975. The standard InChI is InChI=1S/C22H23ClN2O2S2/c1-14-5-10-18(23)21-20(14)24-22(29-21)25(13-16-4-3-11-27-16)19(26)12-15-6-8-17(28-2)9-7-15/h5-10,16H,3-4,11-13H2,1-2H3. The lowest BCUT2D eigenvalue weighted by atomic mass is 10.1. The zero-order valence-electron chi connectivity index (χ0n) is 16.5. The number of hydrogen-bond acceptors (Lipinski definition) is 5. The Morgan fingerprint density at radius 3 is 2.76 bits per heavy atom. The molecule has 1 saturated heterocycles. The Kier molecular flexibility index (Phi) is 6.44. The van der Waals surface area contributed by atoms with E-state index in [4.69, 9.17) is 21.3 Å². The van der Waals surface area contributed by atoms with Gasteiger partial charge in [-0.3, -0.25) is 9.69 Å². The van der Waals surface area contributed by atoms with Crippen LogP contribution in [0.1, 0.15) is 24.0 Å². The zero-order chi connectivity index (χ0) is 20.4. The second-order valence-corrected chi connectivity index (χ2v) is 9.47. The Balaban J connectivity index is 1.64. The molecule has 0 saturated carbocycles. The van der Waals surface area contributed by atoms with Gasteiger partial charge in [-0.1, -0.05) is 41.1 Å². The molecule has 7 heteroatoms. The monoisotopic (exact) mass is 446 g/mol. The molecule has 1 unspecified atom stereocenters. The second-order valence-electron chi connectivity index (χ2n) is 7.20. The molecule has 2 heterocycles. The lowest BCUT2D eigenvalue weighted by molar-refractivity contribution is -0.118. The number of aryl methyl sites for hydroxylation is 1. The lowest BCUT2D eigenvalue weighted by Crippen LogP contribution is -2.38. The van der Waals surface area contributed by atoms with Crippen molar-refractivity contribution in [1.29, 1.82) is 0 Å². The first-order valence-corrected chi connectivity index (χ1v) is 12.1. The first-order valence-electron chi connectivity index (χ1n) is 9.65. The number of amides is 1. The number of carbonyl (C=O) groups excluding carboxylic acids is 1. The number of aromatic nitrogens is 1. The molecule has 0 radical (unpaired) electrons. The van der Waals surface area contributed by atoms with Gasteiger partial charge in [-0.25, -0.2) is 4.98 Å². The van der Waals surface area contributed by atoms with Gasteiger partial charge in [0.1, 0.15) is 0 Å². The smallest absolute Gasteiger partial charge is 0.233 e. The quantitative estimate of drug-likeness (QED) is 0.453. The summed E-state index contributed by atoms with van der Waals surface area (Å²) in [5.74, 6) is 0.0326. The van der Waals surface area contributed by atoms with Crippen molar-refractivity contribution in [2.45, 2.75) is 37.2 Å². The third-order valence-electron chi connectivity index (χ3n) is 5.14. The first-order chi connectivity index (χ1) is 14.0. The average molecular weight is 447 g/mol. The van der Waals surface area contributed by atoms with E-state index < -0.39 is 0 Å². The van der Waals surface area contributed by atoms with Crippen molar-refractivity contribution in [2.75, 3.05) is 24.3 Å². The average Bonchev–Trinajstić information content (AvgIpc) is 3.40. The van der Waals surface area contributed by atoms with Crippen molar-refractivity contribution < 1.29 is 9.53 Å². The van der Waals surface area contributed by atoms with E-state index in [-0.39, 0.29) is 12.0 Å². The van der Waals surface area contributed by atoms with Gasteiger partial charge in [0.25, 0.3) is 0 Å². The van der Waals surface area contributed by atoms with Crippen LogP contribution in [0.25, 0.3) is 10.2 Å². The summed E-state index contributed by atoms with van der Waals surface area (Å²) in [5.41, 5.74) is 2.93. The highest BCUT2D eigenvalue weighted by atomic mass is 35.5. The minimum atomic E-state index is 0.0326. The third kappa shape index (κ3) is 4.61. The fourth-order valence-corrected chi connectivity index (χ4v) is 5.25. The summed E-state index contributed by atoms with van der Waals surface area (Å²) in [4.78, 5) is 21.1. The molecule has 0 spiro atoms. The summed E-state index contributed by atoms with van der Waals surface area (Å²) in [6.45, 7) is 3.30. The van der Waals surface area contributed by atoms with Crippen LogP contribution in [-0.4, -0.2) is 36.4 Å². The van der Waals surface area contributed by atoms with E-state index in [9.17, 15) is 4.79 Å². The molecule has 1 fully saturated rings. The van der Waals surface area contributed by atoms with Crippen molar-refractivity contribution in [3.8, 4) is 0 Å². The maximum atomic E-state index is 13.3. The third-order valence-corrected chi connectivity index (χ3v) is 7.42. The van der Waals surface area contributed by atoms with Gasteiger partial charge in [-0.05, 0) is 55.3 Å². The number of carbonyl (C=O) groups is 1. The molecule has 29 heavy (non-hydrogen) atoms. The fourth-order valence-electron chi connectivity index (χ4n) is 3.50. The van der Waals surface area contributed by atoms with Crippen molar-refractivity contribution >= 4 is 56.0 Å². The van der Waals surface area contributed by atoms with E-state index in [1.807, 2.05) is 37.4 Å². The molecule has 152 valence electrons. The Labute approximate surface area is 184 Å². The molecule has 4 nitrogen and oxygen atoms in total. The van der Waals surface area contributed by atoms with Gasteiger partial charge in [-0.15, -0.1) is 11.8 Å². The Morgan fingerprint density at radius 2 is 2.10 bits per heavy atom. The Hall–Kier alpha value is -1.60. The summed E-state index contributed by atoms with van der Waals surface area (Å²) in [6.07, 6.45) is 4.44. The number of halogens is 1. The molecule has 1 aliphatic rings. The molecule has 1 atom stereocenters. The molecular formula is C22H23ClN2O2S2. The SMILES string of the molecule is CSc1ccc(CC(=O)N(CC2CCCO2)c2nc3c(C)ccc(Cl)c3s2)cc1. The minimum Gasteiger partial charge on any atom is -0.376 e. The maximum Gasteiger partial charge on any atom is 0.233 e. The maximum absolute atomic E-state index is 13.3. The van der Waals surface area contributed by atoms with Gasteiger partial charge < -0.3 is 4.74 Å². The number of fused-ring (bicyclic) bond motifs is 1. The molecule has 1 amide bonds. The first kappa shape index (κ1) is 20.7. The van der Waals surface area contributed by atoms with E-state index in [2.05, 4.69) is 12.1 Å². The van der Waals surface area contributed by atoms with Gasteiger partial charge in [-0.2, -0.15) is 0 Å². The molecule has 4 rings (SSSR count). The van der Waals surface area contributed by atoms with Gasteiger partial charge in [0.2, 0.25) is 5.91 Å². The van der Waals surface area contributed by atoms with Crippen LogP contribution in [0.15, 0.2) is 41.3 Å². The highest BCUT2D eigenvalue weighted by molar-refractivity contribution is 7.98. The molecular weight excluding hydrogens is 424 g/mol. The van der Waals surface area contributed by atoms with E-state index in [1.165, 1.54) is 16.2 Å². The van der Waals surface area contributed by atoms with Gasteiger partial charge in [0, 0.05) is 11.5 Å². The van der Waals surface area contributed by atoms with Crippen LogP contribution in [0, 0.1) is 6.92 Å². The summed E-state index contributed by atoms with van der Waals surface area (Å²) in [5, 5.41) is 1.36. The molecule has 0 aliphatic carbocycles. The molecule has 2 aromatic carbocycles. The van der Waals surface area contributed by atoms with Gasteiger partial charge in [0.05, 0.1) is 34.3 Å². The summed E-state index contributed by atoms with van der Waals surface area (Å²) >= 11 is 9.57. The molecule has 0 bridgehead atoms. The zero-order valence-corrected chi connectivity index (χ0v) is 18.9. The minimum absolute atomic E-state index is 0.0326. The number of ether oxygens (including phenoxy) is 1. The van der Waals surface area contributed by atoms with Crippen molar-refractivity contribution in [3.63, 3.8) is 0 Å². The van der Waals surface area contributed by atoms with Crippen molar-refractivity contribution in [1.82, 2.24) is 4.98 Å². The predicted molar refractivity (Wildman–Crippen MR) is 123 cm³/mol. The van der Waals surface area contributed by atoms with E-state index in [0.29, 0.717) is 23.1 Å². The number of thiazole rings is 1. The normalized spacial score (nSPS) is 16.4. The van der Waals surface area contributed by atoms with Crippen LogP contribution in [0.5, 0.6) is 0 Å². The highest BCUT2D eigenvalue weighted by Gasteiger charge is 2.26. The van der Waals surface area contributed by atoms with Crippen LogP contribution in [0.3, 0.4) is 0 Å². The number of hydrogen-bond donors (Lipinski definition) is 0. The number of anilines is 1. The van der Waals surface area contributed by atoms with Crippen LogP contribution in [0.2, 0.25) is 5.02 Å². The lowest BCUT2D eigenvalue weighted by Gasteiger charge is -2.23. The summed E-state index contributed by atoms with van der Waals surface area (Å²) in [7, 11) is 0. The number of thioether (sulfide) groups is 1. The van der Waals surface area contributed by atoms with Crippen molar-refractivity contribution in [2.24, 2.45) is 0 Å². The molecule has 1 aliphatic heterocycles. The number of rotatable bonds is 6. The summed E-state index contributed by atoms with van der Waals surface area (Å²) < 4.78 is 6.74. The number of benzene rings is 2. The summed E-state index contributed by atoms with van der Waals surface area (Å²) in [6, 6.07) is 12.0. The van der Waals surface area contributed by atoms with Crippen LogP contribution < -0.4 is 4.90 Å². The molecule has 0 N–H and O–H groups in total. The number of nitrogens with zero attached hydrogens (tertiary/aromatic N) is 2. The predicted octanol–water partition coefficient (Wildman–Crippen LogP) is 5.73. The van der Waals surface area contributed by atoms with Crippen LogP contribution in [-0.2, 0) is 16.0 Å². The van der Waals surface area contributed by atoms with Crippen LogP contribution in [0.4, 0.5) is 5.13 Å².